The number of hydrogen-bond donors (Lipinski definition) is 3. The predicted octanol–water partition coefficient (Wildman–Crippen LogP) is 2.55. The lowest BCUT2D eigenvalue weighted by Crippen LogP contribution is -2.34. The third-order valence-corrected chi connectivity index (χ3v) is 5.66. The lowest BCUT2D eigenvalue weighted by atomic mass is 10.2. The normalized spacial score (nSPS) is 11.1. The van der Waals surface area contributed by atoms with E-state index in [4.69, 9.17) is 4.42 Å². The Morgan fingerprint density at radius 2 is 1.60 bits per heavy atom. The first-order chi connectivity index (χ1) is 14.3. The van der Waals surface area contributed by atoms with E-state index in [0.29, 0.717) is 11.3 Å². The second-order valence-electron chi connectivity index (χ2n) is 6.48. The second kappa shape index (κ2) is 9.38. The van der Waals surface area contributed by atoms with E-state index in [2.05, 4.69) is 15.4 Å². The Morgan fingerprint density at radius 1 is 0.900 bits per heavy atom. The van der Waals surface area contributed by atoms with Crippen LogP contribution in [-0.4, -0.2) is 33.3 Å². The molecule has 156 valence electrons. The van der Waals surface area contributed by atoms with Gasteiger partial charge in [0.2, 0.25) is 10.0 Å². The highest BCUT2D eigenvalue weighted by molar-refractivity contribution is 7.89. The number of anilines is 1. The second-order valence-corrected chi connectivity index (χ2v) is 8.24. The van der Waals surface area contributed by atoms with Crippen molar-refractivity contribution in [3.05, 3.63) is 83.8 Å². The summed E-state index contributed by atoms with van der Waals surface area (Å²) in [4.78, 5) is 24.3. The Kier molecular flexibility index (Phi) is 6.65. The third-order valence-electron chi connectivity index (χ3n) is 4.18. The molecule has 3 N–H and O–H groups in total. The molecule has 1 heterocycles. The minimum absolute atomic E-state index is 0.0548. The van der Waals surface area contributed by atoms with Gasteiger partial charge in [-0.1, -0.05) is 17.7 Å². The van der Waals surface area contributed by atoms with E-state index in [0.717, 1.165) is 5.56 Å². The van der Waals surface area contributed by atoms with Crippen LogP contribution in [-0.2, 0) is 10.0 Å². The SMILES string of the molecule is Cc1ccc(S(=O)(=O)NCCNC(=O)c2ccc(NC(=O)c3ccco3)cc2)cc1. The highest BCUT2D eigenvalue weighted by Crippen LogP contribution is 2.12. The van der Waals surface area contributed by atoms with Crippen LogP contribution in [0.2, 0.25) is 0 Å². The number of amides is 2. The van der Waals surface area contributed by atoms with Crippen molar-refractivity contribution in [1.29, 1.82) is 0 Å². The quantitative estimate of drug-likeness (QED) is 0.478. The molecule has 0 fully saturated rings. The van der Waals surface area contributed by atoms with Gasteiger partial charge in [0, 0.05) is 24.3 Å². The van der Waals surface area contributed by atoms with E-state index in [9.17, 15) is 18.0 Å². The molecule has 0 spiro atoms. The molecule has 9 heteroatoms. The maximum absolute atomic E-state index is 12.2. The fourth-order valence-corrected chi connectivity index (χ4v) is 3.60. The van der Waals surface area contributed by atoms with Gasteiger partial charge in [-0.05, 0) is 55.5 Å². The molecular weight excluding hydrogens is 406 g/mol. The fourth-order valence-electron chi connectivity index (χ4n) is 2.57. The van der Waals surface area contributed by atoms with Gasteiger partial charge in [-0.25, -0.2) is 13.1 Å². The molecule has 3 rings (SSSR count). The van der Waals surface area contributed by atoms with Crippen molar-refractivity contribution in [1.82, 2.24) is 10.0 Å². The van der Waals surface area contributed by atoms with Gasteiger partial charge in [-0.15, -0.1) is 0 Å². The maximum atomic E-state index is 12.2. The molecule has 30 heavy (non-hydrogen) atoms. The van der Waals surface area contributed by atoms with Crippen molar-refractivity contribution in [2.24, 2.45) is 0 Å². The molecule has 0 radical (unpaired) electrons. The van der Waals surface area contributed by atoms with Crippen LogP contribution in [0.4, 0.5) is 5.69 Å². The first-order valence-corrected chi connectivity index (χ1v) is 10.6. The number of hydrogen-bond acceptors (Lipinski definition) is 5. The van der Waals surface area contributed by atoms with Crippen molar-refractivity contribution in [3.63, 3.8) is 0 Å². The zero-order valence-electron chi connectivity index (χ0n) is 16.2. The fraction of sp³-hybridized carbons (Fsp3) is 0.143. The average Bonchev–Trinajstić information content (AvgIpc) is 3.27. The van der Waals surface area contributed by atoms with Crippen molar-refractivity contribution in [2.45, 2.75) is 11.8 Å². The highest BCUT2D eigenvalue weighted by atomic mass is 32.2. The van der Waals surface area contributed by atoms with Crippen molar-refractivity contribution in [3.8, 4) is 0 Å². The summed E-state index contributed by atoms with van der Waals surface area (Å²) in [5, 5.41) is 5.30. The van der Waals surface area contributed by atoms with Crippen molar-refractivity contribution < 1.29 is 22.4 Å². The Balaban J connectivity index is 1.46. The monoisotopic (exact) mass is 427 g/mol. The molecule has 8 nitrogen and oxygen atoms in total. The van der Waals surface area contributed by atoms with Gasteiger partial charge in [0.05, 0.1) is 11.2 Å². The number of carbonyl (C=O) groups is 2. The molecular formula is C21H21N3O5S. The van der Waals surface area contributed by atoms with Crippen molar-refractivity contribution >= 4 is 27.5 Å². The Morgan fingerprint density at radius 3 is 2.23 bits per heavy atom. The van der Waals surface area contributed by atoms with Crippen LogP contribution in [0.5, 0.6) is 0 Å². The van der Waals surface area contributed by atoms with E-state index in [1.165, 1.54) is 18.4 Å². The van der Waals surface area contributed by atoms with E-state index in [1.807, 2.05) is 6.92 Å². The van der Waals surface area contributed by atoms with Crippen LogP contribution in [0, 0.1) is 6.92 Å². The Hall–Kier alpha value is -3.43. The first kappa shape index (κ1) is 21.3. The molecule has 0 aliphatic heterocycles. The molecule has 2 aromatic carbocycles. The lowest BCUT2D eigenvalue weighted by Gasteiger charge is -2.09. The standard InChI is InChI=1S/C21H21N3O5S/c1-15-4-10-18(11-5-15)30(27,28)23-13-12-22-20(25)16-6-8-17(9-7-16)24-21(26)19-3-2-14-29-19/h2-11,14,23H,12-13H2,1H3,(H,22,25)(H,24,26). The van der Waals surface area contributed by atoms with Crippen LogP contribution >= 0.6 is 0 Å². The number of rotatable bonds is 8. The average molecular weight is 427 g/mol. The lowest BCUT2D eigenvalue weighted by molar-refractivity contribution is 0.0953. The molecule has 0 aliphatic carbocycles. The number of sulfonamides is 1. The summed E-state index contributed by atoms with van der Waals surface area (Å²) in [5.41, 5.74) is 1.86. The summed E-state index contributed by atoms with van der Waals surface area (Å²) in [6.07, 6.45) is 1.41. The van der Waals surface area contributed by atoms with E-state index >= 15 is 0 Å². The molecule has 0 saturated heterocycles. The van der Waals surface area contributed by atoms with E-state index in [-0.39, 0.29) is 29.7 Å². The minimum Gasteiger partial charge on any atom is -0.459 e. The summed E-state index contributed by atoms with van der Waals surface area (Å²) >= 11 is 0. The van der Waals surface area contributed by atoms with E-state index < -0.39 is 15.9 Å². The summed E-state index contributed by atoms with van der Waals surface area (Å²) in [6, 6.07) is 16.0. The van der Waals surface area contributed by atoms with Crippen LogP contribution in [0.25, 0.3) is 0 Å². The van der Waals surface area contributed by atoms with Gasteiger partial charge in [-0.2, -0.15) is 0 Å². The molecule has 0 aliphatic rings. The molecule has 0 bridgehead atoms. The van der Waals surface area contributed by atoms with Crippen LogP contribution in [0.1, 0.15) is 26.5 Å². The maximum Gasteiger partial charge on any atom is 0.291 e. The minimum atomic E-state index is -3.62. The number of benzene rings is 2. The Bertz CT molecular complexity index is 1110. The first-order valence-electron chi connectivity index (χ1n) is 9.14. The molecule has 0 atom stereocenters. The van der Waals surface area contributed by atoms with E-state index in [1.54, 1.807) is 48.5 Å². The Labute approximate surface area is 174 Å². The van der Waals surface area contributed by atoms with Crippen LogP contribution < -0.4 is 15.4 Å². The van der Waals surface area contributed by atoms with Gasteiger partial charge >= 0.3 is 0 Å². The smallest absolute Gasteiger partial charge is 0.291 e. The van der Waals surface area contributed by atoms with Crippen LogP contribution in [0.15, 0.2) is 76.2 Å². The number of carbonyl (C=O) groups excluding carboxylic acids is 2. The topological polar surface area (TPSA) is 118 Å². The predicted molar refractivity (Wildman–Crippen MR) is 112 cm³/mol. The number of nitrogens with one attached hydrogen (secondary N) is 3. The summed E-state index contributed by atoms with van der Waals surface area (Å²) in [5.74, 6) is -0.559. The number of aryl methyl sites for hydroxylation is 1. The van der Waals surface area contributed by atoms with Crippen molar-refractivity contribution in [2.75, 3.05) is 18.4 Å². The van der Waals surface area contributed by atoms with Gasteiger partial charge in [0.1, 0.15) is 0 Å². The van der Waals surface area contributed by atoms with Crippen LogP contribution in [0.3, 0.4) is 0 Å². The molecule has 3 aromatic rings. The summed E-state index contributed by atoms with van der Waals surface area (Å²) < 4.78 is 31.9. The summed E-state index contributed by atoms with van der Waals surface area (Å²) in [7, 11) is -3.62. The number of furan rings is 1. The highest BCUT2D eigenvalue weighted by Gasteiger charge is 2.13. The molecule has 0 saturated carbocycles. The summed E-state index contributed by atoms with van der Waals surface area (Å²) in [6.45, 7) is 2.05. The molecule has 1 aromatic heterocycles. The van der Waals surface area contributed by atoms with Gasteiger partial charge < -0.3 is 15.1 Å². The largest absolute Gasteiger partial charge is 0.459 e. The van der Waals surface area contributed by atoms with Gasteiger partial charge in [0.25, 0.3) is 11.8 Å². The van der Waals surface area contributed by atoms with Gasteiger partial charge in [-0.3, -0.25) is 9.59 Å². The third kappa shape index (κ3) is 5.56. The zero-order valence-corrected chi connectivity index (χ0v) is 17.0. The zero-order chi connectivity index (χ0) is 21.6. The molecule has 2 amide bonds. The van der Waals surface area contributed by atoms with Gasteiger partial charge in [0.15, 0.2) is 5.76 Å². The molecule has 0 unspecified atom stereocenters.